The molecule has 8 heteroatoms. The highest BCUT2D eigenvalue weighted by Gasteiger charge is 2.29. The molecule has 2 aromatic rings. The van der Waals surface area contributed by atoms with Crippen molar-refractivity contribution in [1.82, 2.24) is 0 Å². The van der Waals surface area contributed by atoms with Gasteiger partial charge in [-0.05, 0) is 48.9 Å². The number of nitrogens with one attached hydrogen (secondary N) is 1. The molecule has 0 bridgehead atoms. The van der Waals surface area contributed by atoms with E-state index in [0.29, 0.717) is 34.4 Å². The van der Waals surface area contributed by atoms with Crippen LogP contribution in [0.3, 0.4) is 0 Å². The van der Waals surface area contributed by atoms with E-state index < -0.39 is 11.7 Å². The van der Waals surface area contributed by atoms with E-state index in [9.17, 15) is 13.2 Å². The Morgan fingerprint density at radius 1 is 1.20 bits per heavy atom. The van der Waals surface area contributed by atoms with Crippen LogP contribution in [0.4, 0.5) is 18.9 Å². The van der Waals surface area contributed by atoms with Crippen LogP contribution in [0.5, 0.6) is 11.5 Å². The predicted molar refractivity (Wildman–Crippen MR) is 91.8 cm³/mol. The third-order valence-electron chi connectivity index (χ3n) is 3.16. The van der Waals surface area contributed by atoms with Crippen molar-refractivity contribution < 1.29 is 22.6 Å². The molecule has 2 aromatic carbocycles. The van der Waals surface area contributed by atoms with Crippen molar-refractivity contribution in [2.24, 2.45) is 5.10 Å². The van der Waals surface area contributed by atoms with E-state index in [1.165, 1.54) is 25.5 Å². The van der Waals surface area contributed by atoms with Crippen LogP contribution < -0.4 is 14.9 Å². The molecule has 0 atom stereocenters. The van der Waals surface area contributed by atoms with E-state index >= 15 is 0 Å². The zero-order valence-electron chi connectivity index (χ0n) is 13.5. The van der Waals surface area contributed by atoms with Gasteiger partial charge in [0.2, 0.25) is 0 Å². The Bertz CT molecular complexity index is 747. The Labute approximate surface area is 148 Å². The number of hydrazone groups is 1. The lowest BCUT2D eigenvalue weighted by atomic mass is 10.2. The molecule has 0 amide bonds. The number of rotatable bonds is 6. The lowest BCUT2D eigenvalue weighted by Gasteiger charge is -2.11. The number of benzene rings is 2. The van der Waals surface area contributed by atoms with Crippen LogP contribution in [-0.4, -0.2) is 19.9 Å². The summed E-state index contributed by atoms with van der Waals surface area (Å²) >= 11 is 6.13. The monoisotopic (exact) mass is 372 g/mol. The van der Waals surface area contributed by atoms with Gasteiger partial charge in [-0.2, -0.15) is 18.3 Å². The zero-order chi connectivity index (χ0) is 18.4. The quantitative estimate of drug-likeness (QED) is 0.559. The second-order valence-electron chi connectivity index (χ2n) is 4.91. The van der Waals surface area contributed by atoms with Crippen molar-refractivity contribution in [3.05, 3.63) is 52.5 Å². The molecule has 2 rings (SSSR count). The third kappa shape index (κ3) is 5.03. The summed E-state index contributed by atoms with van der Waals surface area (Å²) in [7, 11) is 1.49. The van der Waals surface area contributed by atoms with Gasteiger partial charge in [-0.1, -0.05) is 11.6 Å². The van der Waals surface area contributed by atoms with Crippen LogP contribution in [0.1, 0.15) is 18.1 Å². The minimum absolute atomic E-state index is 0.365. The maximum absolute atomic E-state index is 12.5. The van der Waals surface area contributed by atoms with E-state index in [1.54, 1.807) is 12.1 Å². The van der Waals surface area contributed by atoms with Crippen molar-refractivity contribution in [3.63, 3.8) is 0 Å². The molecule has 0 unspecified atom stereocenters. The summed E-state index contributed by atoms with van der Waals surface area (Å²) in [4.78, 5) is 0. The minimum Gasteiger partial charge on any atom is -0.491 e. The molecule has 4 nitrogen and oxygen atoms in total. The molecular weight excluding hydrogens is 357 g/mol. The van der Waals surface area contributed by atoms with Crippen molar-refractivity contribution in [2.45, 2.75) is 13.1 Å². The van der Waals surface area contributed by atoms with Crippen LogP contribution in [0.15, 0.2) is 41.5 Å². The van der Waals surface area contributed by atoms with Gasteiger partial charge >= 0.3 is 6.18 Å². The summed E-state index contributed by atoms with van der Waals surface area (Å²) in [5, 5.41) is 4.36. The normalized spacial score (nSPS) is 11.6. The number of nitrogens with zero attached hydrogens (tertiary/aromatic N) is 1. The molecule has 0 aliphatic rings. The van der Waals surface area contributed by atoms with Crippen LogP contribution in [-0.2, 0) is 6.18 Å². The summed E-state index contributed by atoms with van der Waals surface area (Å²) in [6, 6.07) is 7.90. The Hall–Kier alpha value is -2.41. The molecule has 0 aliphatic heterocycles. The summed E-state index contributed by atoms with van der Waals surface area (Å²) in [5.41, 5.74) is 3.01. The van der Waals surface area contributed by atoms with E-state index in [1.807, 2.05) is 6.92 Å². The molecule has 1 N–H and O–H groups in total. The molecule has 0 aliphatic carbocycles. The highest BCUT2D eigenvalue weighted by Crippen LogP contribution is 2.36. The van der Waals surface area contributed by atoms with Gasteiger partial charge in [-0.25, -0.2) is 0 Å². The van der Waals surface area contributed by atoms with Crippen LogP contribution >= 0.6 is 11.6 Å². The van der Waals surface area contributed by atoms with Gasteiger partial charge in [0.15, 0.2) is 11.5 Å². The third-order valence-corrected chi connectivity index (χ3v) is 3.44. The minimum atomic E-state index is -4.36. The molecule has 25 heavy (non-hydrogen) atoms. The summed E-state index contributed by atoms with van der Waals surface area (Å²) < 4.78 is 48.2. The van der Waals surface area contributed by atoms with Gasteiger partial charge < -0.3 is 9.47 Å². The fraction of sp³-hybridized carbons (Fsp3) is 0.235. The SMILES string of the molecule is CCOc1cc(C=NNc2ccc(C(F)(F)F)cc2)cc(Cl)c1OC. The summed E-state index contributed by atoms with van der Waals surface area (Å²) in [6.45, 7) is 2.28. The van der Waals surface area contributed by atoms with Gasteiger partial charge in [0.1, 0.15) is 0 Å². The van der Waals surface area contributed by atoms with E-state index in [4.69, 9.17) is 21.1 Å². The van der Waals surface area contributed by atoms with Gasteiger partial charge in [0.25, 0.3) is 0 Å². The van der Waals surface area contributed by atoms with Gasteiger partial charge in [-0.15, -0.1) is 0 Å². The highest BCUT2D eigenvalue weighted by molar-refractivity contribution is 6.32. The smallest absolute Gasteiger partial charge is 0.416 e. The number of hydrogen-bond donors (Lipinski definition) is 1. The summed E-state index contributed by atoms with van der Waals surface area (Å²) in [6.07, 6.45) is -2.89. The molecule has 0 spiro atoms. The largest absolute Gasteiger partial charge is 0.491 e. The average molecular weight is 373 g/mol. The fourth-order valence-electron chi connectivity index (χ4n) is 2.04. The second kappa shape index (κ2) is 8.11. The van der Waals surface area contributed by atoms with E-state index in [0.717, 1.165) is 12.1 Å². The van der Waals surface area contributed by atoms with Gasteiger partial charge in [-0.3, -0.25) is 5.43 Å². The van der Waals surface area contributed by atoms with Crippen LogP contribution in [0, 0.1) is 0 Å². The number of ether oxygens (including phenoxy) is 2. The van der Waals surface area contributed by atoms with Crippen molar-refractivity contribution in [2.75, 3.05) is 19.1 Å². The Morgan fingerprint density at radius 2 is 1.88 bits per heavy atom. The molecule has 0 saturated carbocycles. The molecule has 0 fully saturated rings. The Morgan fingerprint density at radius 3 is 2.44 bits per heavy atom. The maximum atomic E-state index is 12.5. The molecule has 0 saturated heterocycles. The molecule has 0 aromatic heterocycles. The number of alkyl halides is 3. The first-order chi connectivity index (χ1) is 11.8. The average Bonchev–Trinajstić information content (AvgIpc) is 2.55. The lowest BCUT2D eigenvalue weighted by molar-refractivity contribution is -0.137. The fourth-order valence-corrected chi connectivity index (χ4v) is 2.33. The lowest BCUT2D eigenvalue weighted by Crippen LogP contribution is -2.04. The van der Waals surface area contributed by atoms with Gasteiger partial charge in [0, 0.05) is 0 Å². The topological polar surface area (TPSA) is 42.8 Å². The molecule has 0 heterocycles. The van der Waals surface area contributed by atoms with Crippen LogP contribution in [0.25, 0.3) is 0 Å². The maximum Gasteiger partial charge on any atom is 0.416 e. The van der Waals surface area contributed by atoms with E-state index in [2.05, 4.69) is 10.5 Å². The Kier molecular flexibility index (Phi) is 6.14. The highest BCUT2D eigenvalue weighted by atomic mass is 35.5. The predicted octanol–water partition coefficient (Wildman–Crippen LogP) is 5.21. The van der Waals surface area contributed by atoms with E-state index in [-0.39, 0.29) is 0 Å². The van der Waals surface area contributed by atoms with Crippen molar-refractivity contribution in [3.8, 4) is 11.5 Å². The second-order valence-corrected chi connectivity index (χ2v) is 5.32. The summed E-state index contributed by atoms with van der Waals surface area (Å²) in [5.74, 6) is 0.907. The number of methoxy groups -OCH3 is 1. The number of hydrogen-bond acceptors (Lipinski definition) is 4. The zero-order valence-corrected chi connectivity index (χ0v) is 14.3. The Balaban J connectivity index is 2.11. The molecular formula is C17H16ClF3N2O2. The number of anilines is 1. The standard InChI is InChI=1S/C17H16ClF3N2O2/c1-3-25-15-9-11(8-14(18)16(15)24-2)10-22-23-13-6-4-12(5-7-13)17(19,20)21/h4-10,23H,3H2,1-2H3. The van der Waals surface area contributed by atoms with Crippen molar-refractivity contribution >= 4 is 23.5 Å². The first-order valence-electron chi connectivity index (χ1n) is 7.31. The first-order valence-corrected chi connectivity index (χ1v) is 7.69. The van der Waals surface area contributed by atoms with Gasteiger partial charge in [0.05, 0.1) is 36.2 Å². The molecule has 0 radical (unpaired) electrons. The van der Waals surface area contributed by atoms with Crippen LogP contribution in [0.2, 0.25) is 5.02 Å². The number of halogens is 4. The molecule has 134 valence electrons. The van der Waals surface area contributed by atoms with Crippen molar-refractivity contribution in [1.29, 1.82) is 0 Å². The first kappa shape index (κ1) is 18.9.